The highest BCUT2D eigenvalue weighted by Crippen LogP contribution is 2.33. The van der Waals surface area contributed by atoms with Gasteiger partial charge in [-0.1, -0.05) is 12.1 Å². The number of carbonyl (C=O) groups is 1. The van der Waals surface area contributed by atoms with Gasteiger partial charge >= 0.3 is 0 Å². The van der Waals surface area contributed by atoms with Gasteiger partial charge in [0.15, 0.2) is 0 Å². The minimum absolute atomic E-state index is 0.00690. The average molecular weight is 367 g/mol. The molecule has 4 rings (SSSR count). The molecule has 132 valence electrons. The van der Waals surface area contributed by atoms with Crippen LogP contribution in [0.1, 0.15) is 34.1 Å². The van der Waals surface area contributed by atoms with Crippen LogP contribution in [0.15, 0.2) is 48.5 Å². The zero-order valence-electron chi connectivity index (χ0n) is 14.0. The Kier molecular flexibility index (Phi) is 4.38. The summed E-state index contributed by atoms with van der Waals surface area (Å²) in [6, 6.07) is 13.9. The van der Waals surface area contributed by atoms with E-state index in [1.807, 2.05) is 23.1 Å². The van der Waals surface area contributed by atoms with E-state index in [1.165, 1.54) is 29.0 Å². The van der Waals surface area contributed by atoms with E-state index < -0.39 is 4.92 Å². The van der Waals surface area contributed by atoms with Crippen LogP contribution in [0, 0.1) is 10.1 Å². The summed E-state index contributed by atoms with van der Waals surface area (Å²) in [6.07, 6.45) is 1.95. The molecule has 1 unspecified atom stereocenters. The second-order valence-corrected chi connectivity index (χ2v) is 7.48. The molecule has 1 amide bonds. The molecular formula is C19H17N3O3S. The van der Waals surface area contributed by atoms with Crippen LogP contribution in [-0.2, 0) is 0 Å². The Morgan fingerprint density at radius 2 is 1.96 bits per heavy atom. The average Bonchev–Trinajstić information content (AvgIpc) is 3.12. The number of nitrogens with zero attached hydrogens (tertiary/aromatic N) is 3. The topological polar surface area (TPSA) is 76.3 Å². The Bertz CT molecular complexity index is 935. The number of amides is 1. The first-order valence-electron chi connectivity index (χ1n) is 8.51. The number of thiazole rings is 1. The Morgan fingerprint density at radius 1 is 1.19 bits per heavy atom. The fourth-order valence-corrected chi connectivity index (χ4v) is 4.43. The molecule has 2 aromatic carbocycles. The monoisotopic (exact) mass is 367 g/mol. The number of non-ortho nitro benzene ring substituents is 1. The number of hydrogen-bond donors (Lipinski definition) is 0. The molecule has 1 aliphatic rings. The molecule has 1 saturated heterocycles. The Balaban J connectivity index is 1.52. The Hall–Kier alpha value is -2.80. The van der Waals surface area contributed by atoms with Crippen molar-refractivity contribution in [2.45, 2.75) is 18.8 Å². The third-order valence-electron chi connectivity index (χ3n) is 4.69. The summed E-state index contributed by atoms with van der Waals surface area (Å²) >= 11 is 1.69. The largest absolute Gasteiger partial charge is 0.338 e. The fraction of sp³-hybridized carbons (Fsp3) is 0.263. The molecule has 1 aliphatic heterocycles. The molecule has 0 saturated carbocycles. The molecule has 1 aromatic heterocycles. The third-order valence-corrected chi connectivity index (χ3v) is 5.89. The van der Waals surface area contributed by atoms with Crippen molar-refractivity contribution < 1.29 is 9.72 Å². The molecule has 26 heavy (non-hydrogen) atoms. The van der Waals surface area contributed by atoms with Crippen LogP contribution in [0.4, 0.5) is 5.69 Å². The Labute approximate surface area is 154 Å². The summed E-state index contributed by atoms with van der Waals surface area (Å²) < 4.78 is 1.17. The predicted octanol–water partition coefficient (Wildman–Crippen LogP) is 4.22. The molecule has 1 fully saturated rings. The SMILES string of the molecule is O=C(c1ccc([N+](=O)[O-])cc1)N1CCCC(c2nc3ccccc3s2)C1. The van der Waals surface area contributed by atoms with Crippen LogP contribution in [0.5, 0.6) is 0 Å². The predicted molar refractivity (Wildman–Crippen MR) is 101 cm³/mol. The highest BCUT2D eigenvalue weighted by atomic mass is 32.1. The molecule has 7 heteroatoms. The van der Waals surface area contributed by atoms with Crippen LogP contribution in [0.25, 0.3) is 10.2 Å². The van der Waals surface area contributed by atoms with Crippen LogP contribution >= 0.6 is 11.3 Å². The van der Waals surface area contributed by atoms with Gasteiger partial charge in [0.1, 0.15) is 0 Å². The van der Waals surface area contributed by atoms with Crippen molar-refractivity contribution in [3.05, 3.63) is 69.2 Å². The number of aromatic nitrogens is 1. The summed E-state index contributed by atoms with van der Waals surface area (Å²) in [6.45, 7) is 1.34. The normalized spacial score (nSPS) is 17.4. The van der Waals surface area contributed by atoms with Crippen LogP contribution in [-0.4, -0.2) is 33.8 Å². The lowest BCUT2D eigenvalue weighted by molar-refractivity contribution is -0.384. The second-order valence-electron chi connectivity index (χ2n) is 6.41. The summed E-state index contributed by atoms with van der Waals surface area (Å²) in [7, 11) is 0. The number of piperidine rings is 1. The highest BCUT2D eigenvalue weighted by molar-refractivity contribution is 7.18. The molecule has 0 aliphatic carbocycles. The third kappa shape index (κ3) is 3.17. The molecule has 0 N–H and O–H groups in total. The first-order valence-corrected chi connectivity index (χ1v) is 9.32. The number of para-hydroxylation sites is 1. The van der Waals surface area contributed by atoms with Gasteiger partial charge < -0.3 is 4.90 Å². The van der Waals surface area contributed by atoms with E-state index in [-0.39, 0.29) is 17.5 Å². The maximum atomic E-state index is 12.8. The molecule has 0 radical (unpaired) electrons. The smallest absolute Gasteiger partial charge is 0.269 e. The van der Waals surface area contributed by atoms with Gasteiger partial charge in [-0.3, -0.25) is 14.9 Å². The second kappa shape index (κ2) is 6.84. The summed E-state index contributed by atoms with van der Waals surface area (Å²) in [4.78, 5) is 29.6. The first kappa shape index (κ1) is 16.7. The minimum Gasteiger partial charge on any atom is -0.338 e. The van der Waals surface area contributed by atoms with E-state index in [0.29, 0.717) is 18.7 Å². The van der Waals surface area contributed by atoms with Crippen molar-refractivity contribution in [1.82, 2.24) is 9.88 Å². The Morgan fingerprint density at radius 3 is 2.69 bits per heavy atom. The number of benzene rings is 2. The molecule has 0 spiro atoms. The van der Waals surface area contributed by atoms with E-state index in [0.717, 1.165) is 23.4 Å². The highest BCUT2D eigenvalue weighted by Gasteiger charge is 2.27. The van der Waals surface area contributed by atoms with Gasteiger partial charge in [-0.15, -0.1) is 11.3 Å². The van der Waals surface area contributed by atoms with Gasteiger partial charge in [0.05, 0.1) is 20.1 Å². The van der Waals surface area contributed by atoms with E-state index in [2.05, 4.69) is 6.07 Å². The molecule has 0 bridgehead atoms. The van der Waals surface area contributed by atoms with Crippen molar-refractivity contribution in [2.75, 3.05) is 13.1 Å². The molecule has 2 heterocycles. The van der Waals surface area contributed by atoms with Crippen LogP contribution in [0.2, 0.25) is 0 Å². The van der Waals surface area contributed by atoms with Crippen molar-refractivity contribution in [2.24, 2.45) is 0 Å². The molecular weight excluding hydrogens is 350 g/mol. The lowest BCUT2D eigenvalue weighted by Crippen LogP contribution is -2.39. The minimum atomic E-state index is -0.460. The van der Waals surface area contributed by atoms with Gasteiger partial charge in [-0.25, -0.2) is 4.98 Å². The number of fused-ring (bicyclic) bond motifs is 1. The number of rotatable bonds is 3. The maximum absolute atomic E-state index is 12.8. The van der Waals surface area contributed by atoms with Gasteiger partial charge in [-0.05, 0) is 37.1 Å². The van der Waals surface area contributed by atoms with Crippen molar-refractivity contribution >= 4 is 33.1 Å². The summed E-state index contributed by atoms with van der Waals surface area (Å²) in [5.74, 6) is 0.161. The van der Waals surface area contributed by atoms with E-state index in [4.69, 9.17) is 4.98 Å². The van der Waals surface area contributed by atoms with Gasteiger partial charge in [-0.2, -0.15) is 0 Å². The number of carbonyl (C=O) groups excluding carboxylic acids is 1. The zero-order valence-corrected chi connectivity index (χ0v) is 14.8. The van der Waals surface area contributed by atoms with Crippen molar-refractivity contribution in [1.29, 1.82) is 0 Å². The van der Waals surface area contributed by atoms with Gasteiger partial charge in [0.25, 0.3) is 11.6 Å². The van der Waals surface area contributed by atoms with Crippen molar-refractivity contribution in [3.8, 4) is 0 Å². The standard InChI is InChI=1S/C19H17N3O3S/c23-19(13-7-9-15(10-8-13)22(24)25)21-11-3-4-14(12-21)18-20-16-5-1-2-6-17(16)26-18/h1-2,5-10,14H,3-4,11-12H2. The van der Waals surface area contributed by atoms with Crippen molar-refractivity contribution in [3.63, 3.8) is 0 Å². The lowest BCUT2D eigenvalue weighted by atomic mass is 9.98. The van der Waals surface area contributed by atoms with E-state index in [1.54, 1.807) is 11.3 Å². The quantitative estimate of drug-likeness (QED) is 0.513. The number of nitro groups is 1. The van der Waals surface area contributed by atoms with Gasteiger partial charge in [0.2, 0.25) is 0 Å². The summed E-state index contributed by atoms with van der Waals surface area (Å²) in [5.41, 5.74) is 1.49. The maximum Gasteiger partial charge on any atom is 0.269 e. The number of hydrogen-bond acceptors (Lipinski definition) is 5. The zero-order chi connectivity index (χ0) is 18.1. The van der Waals surface area contributed by atoms with E-state index in [9.17, 15) is 14.9 Å². The van der Waals surface area contributed by atoms with Crippen LogP contribution in [0.3, 0.4) is 0 Å². The van der Waals surface area contributed by atoms with Gasteiger partial charge in [0, 0.05) is 36.7 Å². The molecule has 3 aromatic rings. The molecule has 1 atom stereocenters. The van der Waals surface area contributed by atoms with E-state index >= 15 is 0 Å². The number of nitro benzene ring substituents is 1. The van der Waals surface area contributed by atoms with Crippen LogP contribution < -0.4 is 0 Å². The fourth-order valence-electron chi connectivity index (χ4n) is 3.34. The number of likely N-dealkylation sites (tertiary alicyclic amines) is 1. The first-order chi connectivity index (χ1) is 12.6. The summed E-state index contributed by atoms with van der Waals surface area (Å²) in [5, 5.41) is 11.8. The lowest BCUT2D eigenvalue weighted by Gasteiger charge is -2.31. The molecule has 6 nitrogen and oxygen atoms in total.